The smallest absolute Gasteiger partial charge is 0.416 e. The molecular weight excluding hydrogens is 529 g/mol. The fourth-order valence-corrected chi connectivity index (χ4v) is 6.00. The predicted octanol–water partition coefficient (Wildman–Crippen LogP) is 5.28. The van der Waals surface area contributed by atoms with E-state index in [9.17, 15) is 18.3 Å². The number of fused-ring (bicyclic) bond motifs is 1. The van der Waals surface area contributed by atoms with E-state index in [2.05, 4.69) is 33.8 Å². The van der Waals surface area contributed by atoms with Crippen molar-refractivity contribution in [1.29, 1.82) is 0 Å². The first-order valence-corrected chi connectivity index (χ1v) is 13.9. The van der Waals surface area contributed by atoms with Gasteiger partial charge in [-0.1, -0.05) is 17.3 Å². The van der Waals surface area contributed by atoms with E-state index in [1.165, 1.54) is 12.1 Å². The van der Waals surface area contributed by atoms with Crippen LogP contribution in [-0.4, -0.2) is 76.6 Å². The molecule has 0 saturated carbocycles. The van der Waals surface area contributed by atoms with Gasteiger partial charge in [0, 0.05) is 50.7 Å². The van der Waals surface area contributed by atoms with Gasteiger partial charge < -0.3 is 14.7 Å². The van der Waals surface area contributed by atoms with Crippen molar-refractivity contribution in [2.75, 3.05) is 32.8 Å². The molecule has 0 spiro atoms. The Hall–Kier alpha value is -2.73. The Morgan fingerprint density at radius 1 is 1.10 bits per heavy atom. The molecule has 1 N–H and O–H groups in total. The van der Waals surface area contributed by atoms with Crippen molar-refractivity contribution in [1.82, 2.24) is 14.8 Å². The number of alkyl halides is 3. The van der Waals surface area contributed by atoms with Crippen LogP contribution in [0.2, 0.25) is 0 Å². The molecule has 0 aliphatic carbocycles. The van der Waals surface area contributed by atoms with Gasteiger partial charge in [-0.15, -0.1) is 11.3 Å². The summed E-state index contributed by atoms with van der Waals surface area (Å²) in [6, 6.07) is 11.4. The van der Waals surface area contributed by atoms with Crippen molar-refractivity contribution in [3.05, 3.63) is 58.6 Å². The fourth-order valence-electron chi connectivity index (χ4n) is 5.19. The van der Waals surface area contributed by atoms with Crippen LogP contribution < -0.4 is 4.74 Å². The quantitative estimate of drug-likeness (QED) is 0.403. The Balaban J connectivity index is 1.08. The number of thiazole rings is 1. The van der Waals surface area contributed by atoms with Gasteiger partial charge in [0.15, 0.2) is 6.10 Å². The molecular formula is C28H33F3N4O3S. The Kier molecular flexibility index (Phi) is 8.14. The molecule has 0 radical (unpaired) electrons. The normalized spacial score (nSPS) is 23.6. The highest BCUT2D eigenvalue weighted by atomic mass is 32.1. The van der Waals surface area contributed by atoms with Gasteiger partial charge in [-0.3, -0.25) is 9.80 Å². The molecule has 1 fully saturated rings. The van der Waals surface area contributed by atoms with Gasteiger partial charge in [-0.2, -0.15) is 13.2 Å². The topological polar surface area (TPSA) is 70.4 Å². The number of halogens is 3. The van der Waals surface area contributed by atoms with E-state index in [-0.39, 0.29) is 24.8 Å². The predicted molar refractivity (Wildman–Crippen MR) is 145 cm³/mol. The third kappa shape index (κ3) is 6.71. The van der Waals surface area contributed by atoms with Crippen LogP contribution in [0, 0.1) is 6.92 Å². The zero-order valence-electron chi connectivity index (χ0n) is 22.2. The summed E-state index contributed by atoms with van der Waals surface area (Å²) in [6.07, 6.45) is -4.80. The molecule has 11 heteroatoms. The van der Waals surface area contributed by atoms with Crippen LogP contribution in [0.15, 0.2) is 47.6 Å². The van der Waals surface area contributed by atoms with Crippen molar-refractivity contribution in [2.24, 2.45) is 5.16 Å². The maximum atomic E-state index is 12.9. The second-order valence-electron chi connectivity index (χ2n) is 10.5. The second kappa shape index (κ2) is 11.4. The molecule has 1 aromatic heterocycles. The highest BCUT2D eigenvalue weighted by Gasteiger charge is 2.34. The third-order valence-electron chi connectivity index (χ3n) is 7.32. The molecule has 5 rings (SSSR count). The summed E-state index contributed by atoms with van der Waals surface area (Å²) in [5, 5.41) is 15.9. The van der Waals surface area contributed by atoms with Gasteiger partial charge in [-0.05, 0) is 50.6 Å². The minimum atomic E-state index is -4.36. The van der Waals surface area contributed by atoms with Crippen molar-refractivity contribution >= 4 is 27.3 Å². The number of hydrogen-bond donors (Lipinski definition) is 1. The summed E-state index contributed by atoms with van der Waals surface area (Å²) in [5.41, 5.74) is 1.81. The van der Waals surface area contributed by atoms with Crippen LogP contribution >= 0.6 is 11.3 Å². The lowest BCUT2D eigenvalue weighted by atomic mass is 10.0. The van der Waals surface area contributed by atoms with Crippen molar-refractivity contribution < 1.29 is 27.9 Å². The summed E-state index contributed by atoms with van der Waals surface area (Å²) < 4.78 is 45.5. The maximum absolute atomic E-state index is 12.9. The zero-order chi connectivity index (χ0) is 27.7. The first kappa shape index (κ1) is 27.8. The van der Waals surface area contributed by atoms with Crippen molar-refractivity contribution in [2.45, 2.75) is 57.7 Å². The summed E-state index contributed by atoms with van der Waals surface area (Å²) in [5.74, 6) is 0.701. The Bertz CT molecular complexity index is 1310. The van der Waals surface area contributed by atoms with E-state index in [0.29, 0.717) is 30.8 Å². The van der Waals surface area contributed by atoms with Crippen LogP contribution in [0.3, 0.4) is 0 Å². The van der Waals surface area contributed by atoms with Gasteiger partial charge in [0.2, 0.25) is 0 Å². The number of β-amino-alcohol motifs (C(OH)–C–C–N with tert-alkyl or cyclic N) is 1. The molecule has 39 heavy (non-hydrogen) atoms. The minimum absolute atomic E-state index is 0.204. The molecule has 2 aliphatic heterocycles. The molecule has 4 unspecified atom stereocenters. The third-order valence-corrected chi connectivity index (χ3v) is 8.28. The van der Waals surface area contributed by atoms with Crippen LogP contribution in [-0.2, 0) is 11.0 Å². The highest BCUT2D eigenvalue weighted by Crippen LogP contribution is 2.33. The summed E-state index contributed by atoms with van der Waals surface area (Å²) >= 11 is 1.64. The number of benzene rings is 2. The Morgan fingerprint density at radius 3 is 2.56 bits per heavy atom. The largest absolute Gasteiger partial charge is 0.491 e. The molecule has 2 aromatic carbocycles. The Labute approximate surface area is 229 Å². The minimum Gasteiger partial charge on any atom is -0.491 e. The summed E-state index contributed by atoms with van der Waals surface area (Å²) in [6.45, 7) is 9.22. The molecule has 210 valence electrons. The van der Waals surface area contributed by atoms with E-state index < -0.39 is 17.8 Å². The molecule has 1 saturated heterocycles. The number of aliphatic hydroxyl groups excluding tert-OH is 1. The molecule has 4 atom stereocenters. The summed E-state index contributed by atoms with van der Waals surface area (Å²) in [7, 11) is 0. The summed E-state index contributed by atoms with van der Waals surface area (Å²) in [4.78, 5) is 14.7. The van der Waals surface area contributed by atoms with Crippen LogP contribution in [0.1, 0.15) is 42.5 Å². The van der Waals surface area contributed by atoms with E-state index >= 15 is 0 Å². The van der Waals surface area contributed by atoms with E-state index in [4.69, 9.17) is 9.57 Å². The van der Waals surface area contributed by atoms with E-state index in [1.807, 2.05) is 25.1 Å². The number of hydrogen-bond acceptors (Lipinski definition) is 8. The number of oxime groups is 1. The average molecular weight is 563 g/mol. The van der Waals surface area contributed by atoms with Crippen molar-refractivity contribution in [3.8, 4) is 5.75 Å². The molecule has 3 heterocycles. The number of aryl methyl sites for hydroxylation is 1. The van der Waals surface area contributed by atoms with Crippen LogP contribution in [0.5, 0.6) is 5.75 Å². The van der Waals surface area contributed by atoms with Crippen molar-refractivity contribution in [3.63, 3.8) is 0 Å². The van der Waals surface area contributed by atoms with Gasteiger partial charge in [0.1, 0.15) is 18.5 Å². The van der Waals surface area contributed by atoms with Crippen LogP contribution in [0.25, 0.3) is 10.2 Å². The standard InChI is InChI=1S/C28H33F3N4O3S/c1-17-13-35(15-23(36)16-37-24-8-9-27-25(11-24)32-19(3)39-27)18(2)12-34(17)14-22-10-26(38-33-22)20-4-6-21(7-5-20)28(29,30)31/h4-9,11,17-18,23,26,36H,10,12-16H2,1-3H3. The number of aliphatic hydroxyl groups is 1. The molecule has 3 aromatic rings. The zero-order valence-corrected chi connectivity index (χ0v) is 23.0. The Morgan fingerprint density at radius 2 is 1.82 bits per heavy atom. The number of ether oxygens (including phenoxy) is 1. The van der Waals surface area contributed by atoms with E-state index in [1.54, 1.807) is 11.3 Å². The SMILES string of the molecule is Cc1nc2cc(OCC(O)CN3CC(C)N(CC4=NOC(c5ccc(C(F)(F)F)cc5)C4)CC3C)ccc2s1. The lowest BCUT2D eigenvalue weighted by Gasteiger charge is -2.44. The maximum Gasteiger partial charge on any atom is 0.416 e. The van der Waals surface area contributed by atoms with E-state index in [0.717, 1.165) is 46.2 Å². The van der Waals surface area contributed by atoms with Gasteiger partial charge >= 0.3 is 6.18 Å². The number of aromatic nitrogens is 1. The van der Waals surface area contributed by atoms with Gasteiger partial charge in [-0.25, -0.2) is 4.98 Å². The monoisotopic (exact) mass is 562 g/mol. The number of nitrogens with zero attached hydrogens (tertiary/aromatic N) is 4. The first-order valence-electron chi connectivity index (χ1n) is 13.1. The number of rotatable bonds is 8. The molecule has 0 bridgehead atoms. The average Bonchev–Trinajstić information content (AvgIpc) is 3.50. The van der Waals surface area contributed by atoms with Gasteiger partial charge in [0.05, 0.1) is 26.5 Å². The lowest BCUT2D eigenvalue weighted by Crippen LogP contribution is -2.58. The molecule has 2 aliphatic rings. The molecule has 7 nitrogen and oxygen atoms in total. The highest BCUT2D eigenvalue weighted by molar-refractivity contribution is 7.18. The second-order valence-corrected chi connectivity index (χ2v) is 11.7. The van der Waals surface area contributed by atoms with Crippen LogP contribution in [0.4, 0.5) is 13.2 Å². The first-order chi connectivity index (χ1) is 18.5. The molecule has 0 amide bonds. The van der Waals surface area contributed by atoms with Gasteiger partial charge in [0.25, 0.3) is 0 Å². The lowest BCUT2D eigenvalue weighted by molar-refractivity contribution is -0.137. The fraction of sp³-hybridized carbons (Fsp3) is 0.500. The number of piperazine rings is 1.